The number of fused-ring (bicyclic) bond motifs is 1. The zero-order chi connectivity index (χ0) is 18.9. The van der Waals surface area contributed by atoms with Gasteiger partial charge in [-0.25, -0.2) is 12.8 Å². The molecule has 3 rings (SSSR count). The van der Waals surface area contributed by atoms with Gasteiger partial charge in [-0.15, -0.1) is 0 Å². The summed E-state index contributed by atoms with van der Waals surface area (Å²) in [5, 5.41) is 2.73. The molecule has 1 atom stereocenters. The van der Waals surface area contributed by atoms with Gasteiger partial charge < -0.3 is 5.32 Å². The second-order valence-corrected chi connectivity index (χ2v) is 8.33. The summed E-state index contributed by atoms with van der Waals surface area (Å²) in [6, 6.07) is 9.83. The Morgan fingerprint density at radius 3 is 2.54 bits per heavy atom. The fraction of sp³-hybridized carbons (Fsp3) is 0.316. The third kappa shape index (κ3) is 3.44. The number of rotatable bonds is 4. The average molecular weight is 376 g/mol. The number of halogens is 1. The van der Waals surface area contributed by atoms with Crippen LogP contribution in [0, 0.1) is 5.82 Å². The predicted octanol–water partition coefficient (Wildman–Crippen LogP) is 3.11. The molecule has 2 aromatic carbocycles. The first-order valence-corrected chi connectivity index (χ1v) is 9.99. The van der Waals surface area contributed by atoms with Gasteiger partial charge in [-0.2, -0.15) is 0 Å². The Morgan fingerprint density at radius 2 is 1.88 bits per heavy atom. The fourth-order valence-electron chi connectivity index (χ4n) is 3.07. The molecule has 0 spiro atoms. The van der Waals surface area contributed by atoms with Crippen molar-refractivity contribution in [3.8, 4) is 0 Å². The molecule has 2 aromatic rings. The first-order chi connectivity index (χ1) is 12.3. The lowest BCUT2D eigenvalue weighted by molar-refractivity contribution is 0.0945. The van der Waals surface area contributed by atoms with Crippen LogP contribution in [-0.4, -0.2) is 26.9 Å². The zero-order valence-corrected chi connectivity index (χ0v) is 15.5. The fourth-order valence-corrected chi connectivity index (χ4v) is 4.63. The number of hydrogen-bond acceptors (Lipinski definition) is 3. The van der Waals surface area contributed by atoms with Crippen LogP contribution in [0.1, 0.15) is 36.2 Å². The maximum absolute atomic E-state index is 13.8. The highest BCUT2D eigenvalue weighted by molar-refractivity contribution is 7.92. The number of anilines is 1. The van der Waals surface area contributed by atoms with Crippen LogP contribution in [0.5, 0.6) is 0 Å². The number of carbonyl (C=O) groups excluding carboxylic acids is 1. The first-order valence-electron chi connectivity index (χ1n) is 8.55. The van der Waals surface area contributed by atoms with Crippen molar-refractivity contribution in [2.75, 3.05) is 10.8 Å². The Hall–Kier alpha value is -2.41. The first kappa shape index (κ1) is 18.4. The minimum atomic E-state index is -3.93. The van der Waals surface area contributed by atoms with E-state index < -0.39 is 27.8 Å². The lowest BCUT2D eigenvalue weighted by Gasteiger charge is -2.25. The molecule has 0 radical (unpaired) electrons. The van der Waals surface area contributed by atoms with Gasteiger partial charge in [-0.3, -0.25) is 9.10 Å². The van der Waals surface area contributed by atoms with Gasteiger partial charge in [0.05, 0.1) is 22.7 Å². The van der Waals surface area contributed by atoms with E-state index >= 15 is 0 Å². The zero-order valence-electron chi connectivity index (χ0n) is 14.7. The summed E-state index contributed by atoms with van der Waals surface area (Å²) >= 11 is 0. The summed E-state index contributed by atoms with van der Waals surface area (Å²) in [5.41, 5.74) is 1.25. The molecule has 1 heterocycles. The van der Waals surface area contributed by atoms with Crippen LogP contribution in [0.15, 0.2) is 47.4 Å². The van der Waals surface area contributed by atoms with E-state index in [1.807, 2.05) is 0 Å². The second kappa shape index (κ2) is 7.07. The van der Waals surface area contributed by atoms with Gasteiger partial charge in [0, 0.05) is 6.04 Å². The Morgan fingerprint density at radius 1 is 1.19 bits per heavy atom. The van der Waals surface area contributed by atoms with E-state index in [1.165, 1.54) is 6.07 Å². The molecule has 138 valence electrons. The predicted molar refractivity (Wildman–Crippen MR) is 98.3 cm³/mol. The van der Waals surface area contributed by atoms with Crippen molar-refractivity contribution in [3.05, 3.63) is 59.4 Å². The molecule has 0 aliphatic carbocycles. The maximum atomic E-state index is 13.8. The molecule has 0 saturated heterocycles. The van der Waals surface area contributed by atoms with Crippen LogP contribution in [0.25, 0.3) is 0 Å². The van der Waals surface area contributed by atoms with E-state index in [0.29, 0.717) is 0 Å². The summed E-state index contributed by atoms with van der Waals surface area (Å²) in [7, 11) is -3.93. The highest BCUT2D eigenvalue weighted by Gasteiger charge is 2.33. The summed E-state index contributed by atoms with van der Waals surface area (Å²) in [6.07, 6.45) is 1.84. The average Bonchev–Trinajstić information content (AvgIpc) is 2.72. The minimum absolute atomic E-state index is 0.0290. The maximum Gasteiger partial charge on any atom is 0.264 e. The number of nitrogens with zero attached hydrogens (tertiary/aromatic N) is 1. The molecule has 1 aliphatic rings. The molecule has 26 heavy (non-hydrogen) atoms. The van der Waals surface area contributed by atoms with Crippen LogP contribution in [0.2, 0.25) is 0 Å². The Balaban J connectivity index is 2.09. The minimum Gasteiger partial charge on any atom is -0.348 e. The molecule has 0 aromatic heterocycles. The molecule has 7 heteroatoms. The van der Waals surface area contributed by atoms with E-state index in [2.05, 4.69) is 12.2 Å². The van der Waals surface area contributed by atoms with Crippen molar-refractivity contribution in [1.82, 2.24) is 5.32 Å². The number of hydrogen-bond donors (Lipinski definition) is 1. The Labute approximate surface area is 152 Å². The van der Waals surface area contributed by atoms with E-state index in [1.54, 1.807) is 31.2 Å². The molecule has 5 nitrogen and oxygen atoms in total. The molecule has 0 saturated carbocycles. The van der Waals surface area contributed by atoms with Gasteiger partial charge in [0.25, 0.3) is 15.9 Å². The molecular weight excluding hydrogens is 355 g/mol. The standard InChI is InChI=1S/C19H21FN2O3S/c1-3-4-14-5-8-16(9-6-14)26(24,25)22-12-13(2)21-19(23)17-10-7-15(20)11-18(17)22/h5-11,13H,3-4,12H2,1-2H3,(H,21,23). The van der Waals surface area contributed by atoms with Crippen molar-refractivity contribution in [2.24, 2.45) is 0 Å². The molecular formula is C19H21FN2O3S. The second-order valence-electron chi connectivity index (χ2n) is 6.47. The normalized spacial score (nSPS) is 17.4. The summed E-state index contributed by atoms with van der Waals surface area (Å²) in [4.78, 5) is 12.4. The molecule has 1 N–H and O–H groups in total. The van der Waals surface area contributed by atoms with Crippen molar-refractivity contribution in [2.45, 2.75) is 37.6 Å². The van der Waals surface area contributed by atoms with Crippen LogP contribution < -0.4 is 9.62 Å². The van der Waals surface area contributed by atoms with Crippen LogP contribution in [-0.2, 0) is 16.4 Å². The van der Waals surface area contributed by atoms with Crippen molar-refractivity contribution in [1.29, 1.82) is 0 Å². The topological polar surface area (TPSA) is 66.5 Å². The lowest BCUT2D eigenvalue weighted by atomic mass is 10.1. The van der Waals surface area contributed by atoms with Gasteiger partial charge in [-0.1, -0.05) is 25.5 Å². The molecule has 1 aliphatic heterocycles. The largest absolute Gasteiger partial charge is 0.348 e. The molecule has 1 unspecified atom stereocenters. The van der Waals surface area contributed by atoms with E-state index in [-0.39, 0.29) is 22.7 Å². The quantitative estimate of drug-likeness (QED) is 0.892. The van der Waals surface area contributed by atoms with Crippen molar-refractivity contribution in [3.63, 3.8) is 0 Å². The Kier molecular flexibility index (Phi) is 5.00. The monoisotopic (exact) mass is 376 g/mol. The number of carbonyl (C=O) groups is 1. The van der Waals surface area contributed by atoms with Crippen LogP contribution >= 0.6 is 0 Å². The number of aryl methyl sites for hydroxylation is 1. The van der Waals surface area contributed by atoms with Crippen LogP contribution in [0.3, 0.4) is 0 Å². The van der Waals surface area contributed by atoms with Gasteiger partial charge in [-0.05, 0) is 49.2 Å². The van der Waals surface area contributed by atoms with Gasteiger partial charge in [0.15, 0.2) is 0 Å². The molecule has 0 bridgehead atoms. The number of benzene rings is 2. The van der Waals surface area contributed by atoms with Gasteiger partial charge in [0.2, 0.25) is 0 Å². The molecule has 1 amide bonds. The summed E-state index contributed by atoms with van der Waals surface area (Å²) in [5.74, 6) is -1.01. The van der Waals surface area contributed by atoms with Crippen LogP contribution in [0.4, 0.5) is 10.1 Å². The number of nitrogens with one attached hydrogen (secondary N) is 1. The highest BCUT2D eigenvalue weighted by Crippen LogP contribution is 2.30. The Bertz CT molecular complexity index is 926. The molecule has 0 fully saturated rings. The summed E-state index contributed by atoms with van der Waals surface area (Å²) in [6.45, 7) is 3.80. The summed E-state index contributed by atoms with van der Waals surface area (Å²) < 4.78 is 41.3. The van der Waals surface area contributed by atoms with E-state index in [0.717, 1.165) is 34.8 Å². The number of sulfonamides is 1. The lowest BCUT2D eigenvalue weighted by Crippen LogP contribution is -2.41. The smallest absolute Gasteiger partial charge is 0.264 e. The van der Waals surface area contributed by atoms with Crippen molar-refractivity contribution < 1.29 is 17.6 Å². The van der Waals surface area contributed by atoms with E-state index in [4.69, 9.17) is 0 Å². The SMILES string of the molecule is CCCc1ccc(S(=O)(=O)N2CC(C)NC(=O)c3ccc(F)cc32)cc1. The third-order valence-electron chi connectivity index (χ3n) is 4.34. The van der Waals surface area contributed by atoms with E-state index in [9.17, 15) is 17.6 Å². The highest BCUT2D eigenvalue weighted by atomic mass is 32.2. The van der Waals surface area contributed by atoms with Crippen molar-refractivity contribution >= 4 is 21.6 Å². The van der Waals surface area contributed by atoms with Gasteiger partial charge in [0.1, 0.15) is 5.82 Å². The van der Waals surface area contributed by atoms with Gasteiger partial charge >= 0.3 is 0 Å². The number of amides is 1. The third-order valence-corrected chi connectivity index (χ3v) is 6.13.